The Balaban J connectivity index is 2.39. The largest absolute Gasteiger partial charge is 0.619 e. The van der Waals surface area contributed by atoms with Crippen LogP contribution in [0.15, 0.2) is 36.7 Å². The van der Waals surface area contributed by atoms with Crippen LogP contribution in [0, 0.1) is 15.3 Å². The van der Waals surface area contributed by atoms with Crippen molar-refractivity contribution in [1.29, 1.82) is 0 Å². The number of pyridine rings is 1. The number of nitro groups is 1. The number of ether oxygens (including phenoxy) is 1. The Morgan fingerprint density at radius 2 is 1.94 bits per heavy atom. The average Bonchev–Trinajstić information content (AvgIpc) is 3.06. The van der Waals surface area contributed by atoms with Gasteiger partial charge in [-0.1, -0.05) is 0 Å². The number of aromatic hydroxyl groups is 2. The molecular formula is C20H16F3N3O7. The molecule has 3 rings (SSSR count). The second kappa shape index (κ2) is 8.33. The smallest absolute Gasteiger partial charge is 0.417 e. The van der Waals surface area contributed by atoms with Crippen molar-refractivity contribution in [2.24, 2.45) is 7.05 Å². The van der Waals surface area contributed by atoms with Crippen molar-refractivity contribution in [2.45, 2.75) is 13.1 Å². The second-order valence-corrected chi connectivity index (χ2v) is 6.82. The van der Waals surface area contributed by atoms with Crippen LogP contribution in [-0.2, 0) is 18.0 Å². The van der Waals surface area contributed by atoms with Gasteiger partial charge in [-0.05, 0) is 19.1 Å². The van der Waals surface area contributed by atoms with E-state index in [1.807, 2.05) is 0 Å². The van der Waals surface area contributed by atoms with Crippen LogP contribution in [0.5, 0.6) is 11.5 Å². The van der Waals surface area contributed by atoms with Gasteiger partial charge in [-0.25, -0.2) is 4.79 Å². The normalized spacial score (nSPS) is 11.4. The number of hydrogen-bond acceptors (Lipinski definition) is 7. The highest BCUT2D eigenvalue weighted by molar-refractivity contribution is 5.99. The predicted molar refractivity (Wildman–Crippen MR) is 106 cm³/mol. The zero-order valence-electron chi connectivity index (χ0n) is 17.1. The lowest BCUT2D eigenvalue weighted by molar-refractivity contribution is -0.605. The molecule has 2 heterocycles. The number of rotatable bonds is 5. The Morgan fingerprint density at radius 1 is 1.27 bits per heavy atom. The van der Waals surface area contributed by atoms with Crippen molar-refractivity contribution in [1.82, 2.24) is 4.57 Å². The Morgan fingerprint density at radius 3 is 2.52 bits per heavy atom. The van der Waals surface area contributed by atoms with Crippen molar-refractivity contribution in [3.63, 3.8) is 0 Å². The molecular weight excluding hydrogens is 451 g/mol. The molecule has 2 aromatic heterocycles. The number of hydrogen-bond donors (Lipinski definition) is 2. The summed E-state index contributed by atoms with van der Waals surface area (Å²) in [5.41, 5.74) is -3.49. The summed E-state index contributed by atoms with van der Waals surface area (Å²) in [5.74, 6) is -2.85. The van der Waals surface area contributed by atoms with Crippen molar-refractivity contribution in [3.8, 4) is 34.0 Å². The van der Waals surface area contributed by atoms with Crippen LogP contribution in [0.25, 0.3) is 22.5 Å². The number of phenols is 2. The Bertz CT molecular complexity index is 1270. The second-order valence-electron chi connectivity index (χ2n) is 6.82. The van der Waals surface area contributed by atoms with Crippen LogP contribution in [0.4, 0.5) is 18.9 Å². The Hall–Kier alpha value is -4.29. The minimum atomic E-state index is -4.88. The number of aromatic nitrogens is 2. The summed E-state index contributed by atoms with van der Waals surface area (Å²) in [6, 6.07) is 3.50. The van der Waals surface area contributed by atoms with Gasteiger partial charge in [0.1, 0.15) is 0 Å². The first-order chi connectivity index (χ1) is 15.4. The number of nitro benzene ring substituents is 1. The fourth-order valence-electron chi connectivity index (χ4n) is 3.37. The van der Waals surface area contributed by atoms with E-state index in [9.17, 15) is 43.5 Å². The molecule has 33 heavy (non-hydrogen) atoms. The first-order valence-electron chi connectivity index (χ1n) is 9.24. The molecule has 0 amide bonds. The monoisotopic (exact) mass is 467 g/mol. The number of phenolic OH excluding ortho intramolecular Hbond substituents is 2. The molecule has 10 nitrogen and oxygen atoms in total. The molecule has 0 spiro atoms. The van der Waals surface area contributed by atoms with Crippen LogP contribution >= 0.6 is 0 Å². The minimum absolute atomic E-state index is 0.0270. The van der Waals surface area contributed by atoms with Crippen LogP contribution < -0.4 is 4.73 Å². The lowest BCUT2D eigenvalue weighted by Gasteiger charge is -2.15. The SMILES string of the molecule is CCOC(=O)c1cc(-c2cc(O)c(O)c([N+](=O)[O-])c2)n(C)c1-c1c[n+]([O-])ccc1C(F)(F)F. The Kier molecular flexibility index (Phi) is 5.90. The van der Waals surface area contributed by atoms with E-state index in [-0.39, 0.29) is 33.9 Å². The first-order valence-corrected chi connectivity index (χ1v) is 9.24. The highest BCUT2D eigenvalue weighted by atomic mass is 19.4. The quantitative estimate of drug-likeness (QED) is 0.146. The highest BCUT2D eigenvalue weighted by Gasteiger charge is 2.38. The van der Waals surface area contributed by atoms with E-state index in [2.05, 4.69) is 0 Å². The first kappa shape index (κ1) is 23.4. The molecule has 0 radical (unpaired) electrons. The van der Waals surface area contributed by atoms with Gasteiger partial charge in [-0.3, -0.25) is 10.1 Å². The number of esters is 1. The maximum absolute atomic E-state index is 13.7. The topological polar surface area (TPSA) is 142 Å². The lowest BCUT2D eigenvalue weighted by atomic mass is 10.0. The van der Waals surface area contributed by atoms with Crippen LogP contribution in [0.1, 0.15) is 22.8 Å². The Labute approximate surface area is 183 Å². The van der Waals surface area contributed by atoms with Gasteiger partial charge >= 0.3 is 17.8 Å². The molecule has 0 fully saturated rings. The van der Waals surface area contributed by atoms with Gasteiger partial charge in [0.2, 0.25) is 5.75 Å². The van der Waals surface area contributed by atoms with Gasteiger partial charge in [-0.2, -0.15) is 17.9 Å². The van der Waals surface area contributed by atoms with E-state index < -0.39 is 45.4 Å². The van der Waals surface area contributed by atoms with E-state index in [4.69, 9.17) is 4.74 Å². The van der Waals surface area contributed by atoms with Crippen molar-refractivity contribution < 1.29 is 42.6 Å². The number of alkyl halides is 3. The number of halogens is 3. The fraction of sp³-hybridized carbons (Fsp3) is 0.200. The zero-order valence-corrected chi connectivity index (χ0v) is 17.1. The third-order valence-corrected chi connectivity index (χ3v) is 4.79. The van der Waals surface area contributed by atoms with E-state index in [0.29, 0.717) is 18.5 Å². The van der Waals surface area contributed by atoms with Crippen molar-refractivity contribution in [2.75, 3.05) is 6.61 Å². The van der Waals surface area contributed by atoms with Crippen LogP contribution in [-0.4, -0.2) is 32.3 Å². The molecule has 174 valence electrons. The molecule has 2 N–H and O–H groups in total. The summed E-state index contributed by atoms with van der Waals surface area (Å²) in [4.78, 5) is 22.8. The molecule has 0 aliphatic heterocycles. The molecule has 13 heteroatoms. The molecule has 0 aliphatic carbocycles. The zero-order chi connectivity index (χ0) is 24.7. The number of benzene rings is 1. The molecule has 0 saturated heterocycles. The molecule has 1 aromatic carbocycles. The van der Waals surface area contributed by atoms with Gasteiger partial charge in [0.05, 0.1) is 33.9 Å². The number of carbonyl (C=O) groups excluding carboxylic acids is 1. The standard InChI is InChI=1S/C20H16F3N3O7/c1-3-33-19(29)11-8-14(10-6-15(26(31)32)18(28)16(27)7-10)24(2)17(11)12-9-25(30)5-4-13(12)20(21,22)23/h4-9,27-28H,3H2,1-2H3. The third kappa shape index (κ3) is 4.24. The number of nitrogens with zero attached hydrogens (tertiary/aromatic N) is 3. The van der Waals surface area contributed by atoms with E-state index in [0.717, 1.165) is 22.8 Å². The maximum atomic E-state index is 13.7. The van der Waals surface area contributed by atoms with Gasteiger partial charge in [0, 0.05) is 30.4 Å². The van der Waals surface area contributed by atoms with E-state index in [1.165, 1.54) is 14.0 Å². The molecule has 0 saturated carbocycles. The summed E-state index contributed by atoms with van der Waals surface area (Å²) in [6.45, 7) is 1.38. The van der Waals surface area contributed by atoms with Crippen molar-refractivity contribution >= 4 is 11.7 Å². The molecule has 0 unspecified atom stereocenters. The maximum Gasteiger partial charge on any atom is 0.417 e. The summed E-state index contributed by atoms with van der Waals surface area (Å²) < 4.78 is 47.2. The molecule has 0 aliphatic rings. The minimum Gasteiger partial charge on any atom is -0.619 e. The summed E-state index contributed by atoms with van der Waals surface area (Å²) in [5, 5.41) is 42.7. The molecule has 0 atom stereocenters. The van der Waals surface area contributed by atoms with Gasteiger partial charge < -0.3 is 24.7 Å². The van der Waals surface area contributed by atoms with Gasteiger partial charge in [0.15, 0.2) is 18.1 Å². The number of carbonyl (C=O) groups is 1. The highest BCUT2D eigenvalue weighted by Crippen LogP contribution is 2.43. The lowest BCUT2D eigenvalue weighted by Crippen LogP contribution is -2.27. The van der Waals surface area contributed by atoms with E-state index in [1.54, 1.807) is 0 Å². The fourth-order valence-corrected chi connectivity index (χ4v) is 3.37. The van der Waals surface area contributed by atoms with Gasteiger partial charge in [0.25, 0.3) is 0 Å². The molecule has 0 bridgehead atoms. The van der Waals surface area contributed by atoms with Crippen LogP contribution in [0.2, 0.25) is 0 Å². The predicted octanol–water partition coefficient (Wildman–Crippen LogP) is 3.51. The van der Waals surface area contributed by atoms with Crippen molar-refractivity contribution in [3.05, 3.63) is 63.1 Å². The van der Waals surface area contributed by atoms with E-state index >= 15 is 0 Å². The average molecular weight is 467 g/mol. The summed E-state index contributed by atoms with van der Waals surface area (Å²) >= 11 is 0. The molecule has 3 aromatic rings. The third-order valence-electron chi connectivity index (χ3n) is 4.79. The summed E-state index contributed by atoms with van der Waals surface area (Å²) in [7, 11) is 1.27. The van der Waals surface area contributed by atoms with Crippen LogP contribution in [0.3, 0.4) is 0 Å². The van der Waals surface area contributed by atoms with Gasteiger partial charge in [-0.15, -0.1) is 0 Å². The summed E-state index contributed by atoms with van der Waals surface area (Å²) in [6.07, 6.45) is -3.58.